The second-order valence-electron chi connectivity index (χ2n) is 4.84. The molecule has 1 unspecified atom stereocenters. The molecule has 18 heavy (non-hydrogen) atoms. The molecule has 100 valence electrons. The number of carbonyl (C=O) groups is 1. The molecule has 1 atom stereocenters. The van der Waals surface area contributed by atoms with Gasteiger partial charge in [0.05, 0.1) is 11.0 Å². The number of hydrogen-bond donors (Lipinski definition) is 0. The second-order valence-corrected chi connectivity index (χ2v) is 5.79. The van der Waals surface area contributed by atoms with Gasteiger partial charge in [0.15, 0.2) is 5.78 Å². The van der Waals surface area contributed by atoms with Crippen LogP contribution in [0.1, 0.15) is 35.9 Å². The summed E-state index contributed by atoms with van der Waals surface area (Å²) in [5.41, 5.74) is 0. The lowest BCUT2D eigenvalue weighted by Crippen LogP contribution is -2.31. The first kappa shape index (κ1) is 13.7. The van der Waals surface area contributed by atoms with Gasteiger partial charge in [0, 0.05) is 26.1 Å². The minimum Gasteiger partial charge on any atom is -0.377 e. The highest BCUT2D eigenvalue weighted by atomic mass is 32.1. The van der Waals surface area contributed by atoms with E-state index < -0.39 is 0 Å². The zero-order chi connectivity index (χ0) is 12.8. The highest BCUT2D eigenvalue weighted by Crippen LogP contribution is 2.13. The van der Waals surface area contributed by atoms with Crippen molar-refractivity contribution in [2.24, 2.45) is 0 Å². The van der Waals surface area contributed by atoms with Gasteiger partial charge >= 0.3 is 0 Å². The van der Waals surface area contributed by atoms with Crippen LogP contribution in [-0.2, 0) is 4.74 Å². The molecule has 1 aliphatic heterocycles. The van der Waals surface area contributed by atoms with Gasteiger partial charge in [-0.3, -0.25) is 4.79 Å². The van der Waals surface area contributed by atoms with Crippen LogP contribution in [-0.4, -0.2) is 43.0 Å². The van der Waals surface area contributed by atoms with E-state index in [1.165, 1.54) is 11.3 Å². The predicted molar refractivity (Wildman–Crippen MR) is 74.4 cm³/mol. The van der Waals surface area contributed by atoms with E-state index in [2.05, 4.69) is 11.8 Å². The van der Waals surface area contributed by atoms with Crippen molar-refractivity contribution in [3.8, 4) is 0 Å². The van der Waals surface area contributed by atoms with Crippen molar-refractivity contribution in [3.05, 3.63) is 22.4 Å². The van der Waals surface area contributed by atoms with Gasteiger partial charge in [-0.1, -0.05) is 6.07 Å². The molecule has 2 heterocycles. The van der Waals surface area contributed by atoms with Crippen LogP contribution in [0.5, 0.6) is 0 Å². The summed E-state index contributed by atoms with van der Waals surface area (Å²) in [5, 5.41) is 1.96. The molecule has 1 fully saturated rings. The molecular formula is C14H21NO2S. The molecule has 3 nitrogen and oxygen atoms in total. The van der Waals surface area contributed by atoms with Crippen molar-refractivity contribution in [1.82, 2.24) is 4.90 Å². The quantitative estimate of drug-likeness (QED) is 0.768. The third kappa shape index (κ3) is 4.19. The summed E-state index contributed by atoms with van der Waals surface area (Å²) in [6.45, 7) is 6.08. The number of nitrogens with zero attached hydrogens (tertiary/aromatic N) is 1. The smallest absolute Gasteiger partial charge is 0.172 e. The molecule has 0 saturated carbocycles. The minimum atomic E-state index is 0.282. The fourth-order valence-electron chi connectivity index (χ4n) is 2.31. The van der Waals surface area contributed by atoms with Gasteiger partial charge in [-0.15, -0.1) is 11.3 Å². The first-order chi connectivity index (χ1) is 8.75. The molecule has 1 aliphatic rings. The summed E-state index contributed by atoms with van der Waals surface area (Å²) in [6.07, 6.45) is 3.03. The SMILES string of the molecule is CC1CN(CCCC(=O)c2cccs2)CCCO1. The molecule has 0 amide bonds. The molecule has 0 aliphatic carbocycles. The number of Topliss-reactive ketones (excluding diaryl/α,β-unsaturated/α-hetero) is 1. The third-order valence-electron chi connectivity index (χ3n) is 3.21. The Morgan fingerprint density at radius 1 is 1.61 bits per heavy atom. The summed E-state index contributed by atoms with van der Waals surface area (Å²) in [5.74, 6) is 0.282. The lowest BCUT2D eigenvalue weighted by Gasteiger charge is -2.21. The Morgan fingerprint density at radius 3 is 3.28 bits per heavy atom. The number of ether oxygens (including phenoxy) is 1. The molecule has 0 aromatic carbocycles. The van der Waals surface area contributed by atoms with Gasteiger partial charge < -0.3 is 9.64 Å². The van der Waals surface area contributed by atoms with Crippen LogP contribution < -0.4 is 0 Å². The minimum absolute atomic E-state index is 0.282. The molecule has 0 radical (unpaired) electrons. The number of rotatable bonds is 5. The Morgan fingerprint density at radius 2 is 2.50 bits per heavy atom. The monoisotopic (exact) mass is 267 g/mol. The Labute approximate surface area is 113 Å². The van der Waals surface area contributed by atoms with Gasteiger partial charge in [-0.2, -0.15) is 0 Å². The second kappa shape index (κ2) is 7.02. The van der Waals surface area contributed by atoms with E-state index >= 15 is 0 Å². The average molecular weight is 267 g/mol. The summed E-state index contributed by atoms with van der Waals surface area (Å²) in [6, 6.07) is 3.85. The van der Waals surface area contributed by atoms with E-state index in [4.69, 9.17) is 4.74 Å². The number of hydrogen-bond acceptors (Lipinski definition) is 4. The van der Waals surface area contributed by atoms with E-state index in [1.54, 1.807) is 0 Å². The van der Waals surface area contributed by atoms with Gasteiger partial charge in [0.25, 0.3) is 0 Å². The van der Waals surface area contributed by atoms with E-state index in [0.29, 0.717) is 12.5 Å². The summed E-state index contributed by atoms with van der Waals surface area (Å²) in [7, 11) is 0. The maximum atomic E-state index is 11.8. The van der Waals surface area contributed by atoms with Crippen LogP contribution in [0, 0.1) is 0 Å². The highest BCUT2D eigenvalue weighted by molar-refractivity contribution is 7.12. The standard InChI is InChI=1S/C14H21NO2S/c1-12-11-15(8-4-9-17-12)7-2-5-13(16)14-6-3-10-18-14/h3,6,10,12H,2,4-5,7-9,11H2,1H3. The maximum absolute atomic E-state index is 11.8. The van der Waals surface area contributed by atoms with Crippen LogP contribution in [0.15, 0.2) is 17.5 Å². The average Bonchev–Trinajstić information content (AvgIpc) is 2.80. The Balaban J connectivity index is 1.70. The molecule has 0 bridgehead atoms. The Kier molecular flexibility index (Phi) is 5.35. The van der Waals surface area contributed by atoms with Crippen molar-refractivity contribution in [3.63, 3.8) is 0 Å². The Hall–Kier alpha value is -0.710. The molecule has 2 rings (SSSR count). The van der Waals surface area contributed by atoms with Gasteiger partial charge in [0.1, 0.15) is 0 Å². The summed E-state index contributed by atoms with van der Waals surface area (Å²) < 4.78 is 5.61. The fraction of sp³-hybridized carbons (Fsp3) is 0.643. The van der Waals surface area contributed by atoms with Crippen molar-refractivity contribution < 1.29 is 9.53 Å². The molecular weight excluding hydrogens is 246 g/mol. The molecule has 1 aromatic heterocycles. The van der Waals surface area contributed by atoms with Crippen LogP contribution in [0.4, 0.5) is 0 Å². The number of carbonyl (C=O) groups excluding carboxylic acids is 1. The van der Waals surface area contributed by atoms with Crippen molar-refractivity contribution in [2.75, 3.05) is 26.2 Å². The zero-order valence-corrected chi connectivity index (χ0v) is 11.7. The Bertz CT molecular complexity index is 364. The van der Waals surface area contributed by atoms with Crippen LogP contribution in [0.25, 0.3) is 0 Å². The predicted octanol–water partition coefficient (Wildman–Crippen LogP) is 2.82. The van der Waals surface area contributed by atoms with Crippen molar-refractivity contribution in [1.29, 1.82) is 0 Å². The highest BCUT2D eigenvalue weighted by Gasteiger charge is 2.15. The first-order valence-electron chi connectivity index (χ1n) is 6.66. The van der Waals surface area contributed by atoms with E-state index in [0.717, 1.165) is 44.0 Å². The normalized spacial score (nSPS) is 21.7. The third-order valence-corrected chi connectivity index (χ3v) is 4.12. The largest absolute Gasteiger partial charge is 0.377 e. The van der Waals surface area contributed by atoms with E-state index in [9.17, 15) is 4.79 Å². The van der Waals surface area contributed by atoms with Crippen LogP contribution in [0.2, 0.25) is 0 Å². The maximum Gasteiger partial charge on any atom is 0.172 e. The summed E-state index contributed by atoms with van der Waals surface area (Å²) in [4.78, 5) is 15.2. The molecule has 4 heteroatoms. The number of thiophene rings is 1. The van der Waals surface area contributed by atoms with Crippen LogP contribution >= 0.6 is 11.3 Å². The lowest BCUT2D eigenvalue weighted by molar-refractivity contribution is 0.0674. The fourth-order valence-corrected chi connectivity index (χ4v) is 3.00. The van der Waals surface area contributed by atoms with Crippen LogP contribution in [0.3, 0.4) is 0 Å². The molecule has 0 spiro atoms. The number of ketones is 1. The first-order valence-corrected chi connectivity index (χ1v) is 7.54. The van der Waals surface area contributed by atoms with Crippen molar-refractivity contribution in [2.45, 2.75) is 32.3 Å². The van der Waals surface area contributed by atoms with Gasteiger partial charge in [-0.05, 0) is 37.8 Å². The summed E-state index contributed by atoms with van der Waals surface area (Å²) >= 11 is 1.54. The topological polar surface area (TPSA) is 29.5 Å². The lowest BCUT2D eigenvalue weighted by atomic mass is 10.2. The van der Waals surface area contributed by atoms with Gasteiger partial charge in [0.2, 0.25) is 0 Å². The molecule has 1 saturated heterocycles. The van der Waals surface area contributed by atoms with Gasteiger partial charge in [-0.25, -0.2) is 0 Å². The van der Waals surface area contributed by atoms with E-state index in [1.807, 2.05) is 17.5 Å². The molecule has 0 N–H and O–H groups in total. The van der Waals surface area contributed by atoms with Crippen molar-refractivity contribution >= 4 is 17.1 Å². The molecule has 1 aromatic rings. The zero-order valence-electron chi connectivity index (χ0n) is 10.9. The van der Waals surface area contributed by atoms with E-state index in [-0.39, 0.29) is 5.78 Å².